The third-order valence-electron chi connectivity index (χ3n) is 5.87. The van der Waals surface area contributed by atoms with Crippen LogP contribution in [0.4, 0.5) is 0 Å². The highest BCUT2D eigenvalue weighted by atomic mass is 16.2. The number of carbonyl (C=O) groups excluding carboxylic acids is 1. The summed E-state index contributed by atoms with van der Waals surface area (Å²) in [6, 6.07) is 14.2. The summed E-state index contributed by atoms with van der Waals surface area (Å²) in [5.41, 5.74) is 4.77. The lowest BCUT2D eigenvalue weighted by Crippen LogP contribution is -2.43. The standard InChI is InChI=1S/C24H26N4O/c1-18-5-7-19(8-6-18)16-24(2)10-14-28(15-11-24)23(29)20-4-3-12-26-22(20)21-9-13-25-17-27-21/h3-9,12-13,17H,10-11,14-16H2,1-2H3. The van der Waals surface area contributed by atoms with Crippen molar-refractivity contribution in [3.05, 3.63) is 77.9 Å². The lowest BCUT2D eigenvalue weighted by atomic mass is 9.75. The smallest absolute Gasteiger partial charge is 0.256 e. The summed E-state index contributed by atoms with van der Waals surface area (Å²) < 4.78 is 0. The van der Waals surface area contributed by atoms with E-state index in [9.17, 15) is 4.79 Å². The molecule has 0 radical (unpaired) electrons. The zero-order valence-electron chi connectivity index (χ0n) is 17.0. The maximum absolute atomic E-state index is 13.2. The van der Waals surface area contributed by atoms with Crippen molar-refractivity contribution < 1.29 is 4.79 Å². The number of nitrogens with zero attached hydrogens (tertiary/aromatic N) is 4. The molecule has 1 amide bonds. The third kappa shape index (κ3) is 4.34. The molecular formula is C24H26N4O. The monoisotopic (exact) mass is 386 g/mol. The van der Waals surface area contributed by atoms with Gasteiger partial charge in [0.25, 0.3) is 5.91 Å². The number of hydrogen-bond acceptors (Lipinski definition) is 4. The normalized spacial score (nSPS) is 15.9. The van der Waals surface area contributed by atoms with Crippen molar-refractivity contribution in [1.29, 1.82) is 0 Å². The number of piperidine rings is 1. The summed E-state index contributed by atoms with van der Waals surface area (Å²) in [4.78, 5) is 27.8. The Hall–Kier alpha value is -3.08. The molecule has 2 aromatic heterocycles. The van der Waals surface area contributed by atoms with Crippen LogP contribution >= 0.6 is 0 Å². The second-order valence-corrected chi connectivity index (χ2v) is 8.26. The molecule has 0 bridgehead atoms. The van der Waals surface area contributed by atoms with Crippen LogP contribution in [0, 0.1) is 12.3 Å². The molecule has 148 valence electrons. The number of pyridine rings is 1. The van der Waals surface area contributed by atoms with Gasteiger partial charge in [-0.1, -0.05) is 36.8 Å². The summed E-state index contributed by atoms with van der Waals surface area (Å²) in [7, 11) is 0. The van der Waals surface area contributed by atoms with Gasteiger partial charge < -0.3 is 4.90 Å². The molecule has 1 aromatic carbocycles. The molecule has 0 atom stereocenters. The van der Waals surface area contributed by atoms with Gasteiger partial charge in [0, 0.05) is 25.5 Å². The number of likely N-dealkylation sites (tertiary alicyclic amines) is 1. The maximum atomic E-state index is 13.2. The van der Waals surface area contributed by atoms with Gasteiger partial charge in [0.05, 0.1) is 11.3 Å². The Morgan fingerprint density at radius 2 is 1.79 bits per heavy atom. The van der Waals surface area contributed by atoms with E-state index in [1.807, 2.05) is 17.0 Å². The summed E-state index contributed by atoms with van der Waals surface area (Å²) in [5.74, 6) is 0.0316. The van der Waals surface area contributed by atoms with Crippen molar-refractivity contribution in [3.8, 4) is 11.4 Å². The highest BCUT2D eigenvalue weighted by molar-refractivity contribution is 5.99. The molecule has 1 aliphatic rings. The highest BCUT2D eigenvalue weighted by Crippen LogP contribution is 2.35. The van der Waals surface area contributed by atoms with E-state index < -0.39 is 0 Å². The zero-order valence-corrected chi connectivity index (χ0v) is 17.0. The quantitative estimate of drug-likeness (QED) is 0.670. The van der Waals surface area contributed by atoms with Crippen LogP contribution in [0.2, 0.25) is 0 Å². The topological polar surface area (TPSA) is 59.0 Å². The lowest BCUT2D eigenvalue weighted by molar-refractivity contribution is 0.0607. The minimum absolute atomic E-state index is 0.0316. The van der Waals surface area contributed by atoms with E-state index in [-0.39, 0.29) is 11.3 Å². The molecule has 1 saturated heterocycles. The average Bonchev–Trinajstić information content (AvgIpc) is 2.76. The maximum Gasteiger partial charge on any atom is 0.256 e. The van der Waals surface area contributed by atoms with Gasteiger partial charge in [0.2, 0.25) is 0 Å². The first kappa shape index (κ1) is 19.2. The van der Waals surface area contributed by atoms with Crippen LogP contribution in [0.25, 0.3) is 11.4 Å². The van der Waals surface area contributed by atoms with Gasteiger partial charge in [-0.3, -0.25) is 9.78 Å². The average molecular weight is 386 g/mol. The van der Waals surface area contributed by atoms with Gasteiger partial charge in [-0.2, -0.15) is 0 Å². The Morgan fingerprint density at radius 3 is 2.48 bits per heavy atom. The van der Waals surface area contributed by atoms with E-state index in [2.05, 4.69) is 53.1 Å². The van der Waals surface area contributed by atoms with Crippen LogP contribution in [0.3, 0.4) is 0 Å². The molecule has 4 rings (SSSR count). The van der Waals surface area contributed by atoms with Crippen molar-refractivity contribution in [2.45, 2.75) is 33.1 Å². The molecule has 0 aliphatic carbocycles. The predicted octanol–water partition coefficient (Wildman–Crippen LogP) is 4.33. The summed E-state index contributed by atoms with van der Waals surface area (Å²) in [6.07, 6.45) is 7.89. The van der Waals surface area contributed by atoms with E-state index in [1.54, 1.807) is 18.5 Å². The largest absolute Gasteiger partial charge is 0.339 e. The van der Waals surface area contributed by atoms with Crippen molar-refractivity contribution in [3.63, 3.8) is 0 Å². The SMILES string of the molecule is Cc1ccc(CC2(C)CCN(C(=O)c3cccnc3-c3ccncn3)CC2)cc1. The lowest BCUT2D eigenvalue weighted by Gasteiger charge is -2.39. The number of aromatic nitrogens is 3. The van der Waals surface area contributed by atoms with Crippen molar-refractivity contribution in [1.82, 2.24) is 19.9 Å². The Morgan fingerprint density at radius 1 is 1.03 bits per heavy atom. The minimum Gasteiger partial charge on any atom is -0.339 e. The fourth-order valence-electron chi connectivity index (χ4n) is 4.01. The number of benzene rings is 1. The summed E-state index contributed by atoms with van der Waals surface area (Å²) >= 11 is 0. The molecule has 3 aromatic rings. The third-order valence-corrected chi connectivity index (χ3v) is 5.87. The van der Waals surface area contributed by atoms with E-state index in [0.717, 1.165) is 32.4 Å². The van der Waals surface area contributed by atoms with Crippen LogP contribution in [0.5, 0.6) is 0 Å². The fourth-order valence-corrected chi connectivity index (χ4v) is 4.01. The molecule has 0 spiro atoms. The molecular weight excluding hydrogens is 360 g/mol. The van der Waals surface area contributed by atoms with Gasteiger partial charge in [0.1, 0.15) is 12.0 Å². The molecule has 1 aliphatic heterocycles. The van der Waals surface area contributed by atoms with Crippen molar-refractivity contribution in [2.75, 3.05) is 13.1 Å². The van der Waals surface area contributed by atoms with Crippen LogP contribution in [-0.2, 0) is 6.42 Å². The molecule has 0 N–H and O–H groups in total. The van der Waals surface area contributed by atoms with Gasteiger partial charge in [-0.25, -0.2) is 9.97 Å². The summed E-state index contributed by atoms with van der Waals surface area (Å²) in [5, 5.41) is 0. The Labute approximate surface area is 171 Å². The Balaban J connectivity index is 1.47. The molecule has 5 nitrogen and oxygen atoms in total. The molecule has 3 heterocycles. The first-order valence-corrected chi connectivity index (χ1v) is 10.1. The second-order valence-electron chi connectivity index (χ2n) is 8.26. The van der Waals surface area contributed by atoms with E-state index in [4.69, 9.17) is 0 Å². The minimum atomic E-state index is 0.0316. The number of aryl methyl sites for hydroxylation is 1. The van der Waals surface area contributed by atoms with Gasteiger partial charge in [-0.05, 0) is 55.4 Å². The number of carbonyl (C=O) groups is 1. The number of hydrogen-bond donors (Lipinski definition) is 0. The van der Waals surface area contributed by atoms with Crippen LogP contribution in [-0.4, -0.2) is 38.8 Å². The van der Waals surface area contributed by atoms with Gasteiger partial charge in [-0.15, -0.1) is 0 Å². The van der Waals surface area contributed by atoms with E-state index in [1.165, 1.54) is 17.5 Å². The first-order chi connectivity index (χ1) is 14.0. The number of amides is 1. The van der Waals surface area contributed by atoms with Crippen molar-refractivity contribution in [2.24, 2.45) is 5.41 Å². The second kappa shape index (κ2) is 8.11. The Kier molecular flexibility index (Phi) is 5.38. The van der Waals surface area contributed by atoms with Gasteiger partial charge >= 0.3 is 0 Å². The molecule has 5 heteroatoms. The van der Waals surface area contributed by atoms with Crippen LogP contribution in [0.15, 0.2) is 61.2 Å². The molecule has 29 heavy (non-hydrogen) atoms. The molecule has 0 unspecified atom stereocenters. The zero-order chi connectivity index (χ0) is 20.3. The Bertz CT molecular complexity index is 977. The van der Waals surface area contributed by atoms with E-state index >= 15 is 0 Å². The van der Waals surface area contributed by atoms with Crippen LogP contribution in [0.1, 0.15) is 41.3 Å². The summed E-state index contributed by atoms with van der Waals surface area (Å²) in [6.45, 7) is 5.98. The van der Waals surface area contributed by atoms with Crippen LogP contribution < -0.4 is 0 Å². The van der Waals surface area contributed by atoms with Crippen molar-refractivity contribution >= 4 is 5.91 Å². The first-order valence-electron chi connectivity index (χ1n) is 10.1. The fraction of sp³-hybridized carbons (Fsp3) is 0.333. The predicted molar refractivity (Wildman–Crippen MR) is 113 cm³/mol. The molecule has 0 saturated carbocycles. The number of rotatable bonds is 4. The highest BCUT2D eigenvalue weighted by Gasteiger charge is 2.33. The van der Waals surface area contributed by atoms with Gasteiger partial charge in [0.15, 0.2) is 0 Å². The molecule has 1 fully saturated rings. The van der Waals surface area contributed by atoms with E-state index in [0.29, 0.717) is 17.0 Å².